The van der Waals surface area contributed by atoms with Crippen molar-refractivity contribution in [2.24, 2.45) is 4.99 Å². The maximum Gasteiger partial charge on any atom is 0.270 e. The van der Waals surface area contributed by atoms with Crippen molar-refractivity contribution < 1.29 is 9.90 Å². The third-order valence-corrected chi connectivity index (χ3v) is 5.52. The zero-order valence-electron chi connectivity index (χ0n) is 14.3. The SMILES string of the molecule is CC1=Nc2ccccc2/C1=C/c1sc(=S)n(NC(=O)c2ccccc2)c1O. The molecule has 1 amide bonds. The molecule has 0 bridgehead atoms. The highest BCUT2D eigenvalue weighted by molar-refractivity contribution is 7.73. The predicted molar refractivity (Wildman–Crippen MR) is 112 cm³/mol. The average molecular weight is 393 g/mol. The zero-order valence-corrected chi connectivity index (χ0v) is 16.0. The minimum absolute atomic E-state index is 0.0982. The number of thiazole rings is 1. The molecular weight excluding hydrogens is 378 g/mol. The summed E-state index contributed by atoms with van der Waals surface area (Å²) in [5.41, 5.74) is 6.84. The van der Waals surface area contributed by atoms with E-state index in [0.29, 0.717) is 14.4 Å². The number of aliphatic imine (C=N–C) groups is 1. The van der Waals surface area contributed by atoms with Gasteiger partial charge in [-0.15, -0.1) is 0 Å². The molecule has 4 rings (SSSR count). The molecule has 5 nitrogen and oxygen atoms in total. The Labute approximate surface area is 164 Å². The largest absolute Gasteiger partial charge is 0.492 e. The van der Waals surface area contributed by atoms with E-state index in [0.717, 1.165) is 22.5 Å². The Balaban J connectivity index is 1.69. The summed E-state index contributed by atoms with van der Waals surface area (Å²) in [7, 11) is 0. The predicted octanol–water partition coefficient (Wildman–Crippen LogP) is 5.02. The molecule has 0 atom stereocenters. The molecule has 0 saturated carbocycles. The fourth-order valence-corrected chi connectivity index (χ4v) is 4.05. The van der Waals surface area contributed by atoms with Crippen LogP contribution in [0.3, 0.4) is 0 Å². The summed E-state index contributed by atoms with van der Waals surface area (Å²) in [6, 6.07) is 16.6. The first-order chi connectivity index (χ1) is 13.0. The number of allylic oxidation sites excluding steroid dienone is 1. The van der Waals surface area contributed by atoms with Gasteiger partial charge in [0.1, 0.15) is 0 Å². The van der Waals surface area contributed by atoms with Crippen LogP contribution in [-0.4, -0.2) is 21.4 Å². The van der Waals surface area contributed by atoms with Gasteiger partial charge in [-0.2, -0.15) is 4.68 Å². The van der Waals surface area contributed by atoms with E-state index in [2.05, 4.69) is 10.4 Å². The fraction of sp³-hybridized carbons (Fsp3) is 0.0500. The highest BCUT2D eigenvalue weighted by Crippen LogP contribution is 2.38. The number of nitrogens with one attached hydrogen (secondary N) is 1. The third-order valence-electron chi connectivity index (χ3n) is 4.21. The Hall–Kier alpha value is -3.03. The van der Waals surface area contributed by atoms with Gasteiger partial charge in [0, 0.05) is 22.4 Å². The van der Waals surface area contributed by atoms with E-state index in [9.17, 15) is 9.90 Å². The second-order valence-electron chi connectivity index (χ2n) is 5.97. The van der Waals surface area contributed by atoms with E-state index < -0.39 is 0 Å². The van der Waals surface area contributed by atoms with Crippen LogP contribution in [0.1, 0.15) is 27.7 Å². The highest BCUT2D eigenvalue weighted by atomic mass is 32.1. The summed E-state index contributed by atoms with van der Waals surface area (Å²) in [6.07, 6.45) is 1.85. The number of rotatable bonds is 3. The Morgan fingerprint density at radius 3 is 2.67 bits per heavy atom. The Morgan fingerprint density at radius 2 is 1.89 bits per heavy atom. The molecule has 3 aromatic rings. The van der Waals surface area contributed by atoms with Gasteiger partial charge in [-0.1, -0.05) is 47.7 Å². The van der Waals surface area contributed by atoms with Crippen LogP contribution in [0.2, 0.25) is 0 Å². The Kier molecular flexibility index (Phi) is 4.47. The van der Waals surface area contributed by atoms with Gasteiger partial charge in [-0.25, -0.2) is 0 Å². The molecule has 2 N–H and O–H groups in total. The van der Waals surface area contributed by atoms with E-state index in [1.807, 2.05) is 43.3 Å². The molecule has 0 radical (unpaired) electrons. The third kappa shape index (κ3) is 3.22. The number of aromatic nitrogens is 1. The molecule has 7 heteroatoms. The molecular formula is C20H15N3O2S2. The van der Waals surface area contributed by atoms with E-state index in [4.69, 9.17) is 12.2 Å². The van der Waals surface area contributed by atoms with Crippen LogP contribution >= 0.6 is 23.6 Å². The number of para-hydroxylation sites is 1. The van der Waals surface area contributed by atoms with Crippen molar-refractivity contribution in [2.75, 3.05) is 5.43 Å². The molecule has 0 spiro atoms. The number of hydrogen-bond donors (Lipinski definition) is 2. The number of hydrogen-bond acceptors (Lipinski definition) is 5. The number of aromatic hydroxyl groups is 1. The van der Waals surface area contributed by atoms with Crippen LogP contribution in [0.15, 0.2) is 59.6 Å². The normalized spacial score (nSPS) is 14.1. The van der Waals surface area contributed by atoms with Gasteiger partial charge in [0.2, 0.25) is 5.88 Å². The van der Waals surface area contributed by atoms with Gasteiger partial charge in [0.05, 0.1) is 10.6 Å². The summed E-state index contributed by atoms with van der Waals surface area (Å²) < 4.78 is 1.58. The van der Waals surface area contributed by atoms with Crippen LogP contribution < -0.4 is 5.43 Å². The molecule has 1 aliphatic rings. The monoisotopic (exact) mass is 393 g/mol. The lowest BCUT2D eigenvalue weighted by molar-refractivity contribution is 0.101. The maximum absolute atomic E-state index is 12.4. The molecule has 1 aliphatic heterocycles. The standard InChI is InChI=1S/C20H15N3O2S2/c1-12-15(14-9-5-6-10-16(14)21-12)11-17-19(25)23(20(26)27-17)22-18(24)13-7-3-2-4-8-13/h2-11,25H,1H3,(H,22,24)/b15-11+. The molecule has 2 heterocycles. The molecule has 1 aromatic heterocycles. The molecule has 0 unspecified atom stereocenters. The first kappa shape index (κ1) is 17.4. The number of nitrogens with zero attached hydrogens (tertiary/aromatic N) is 2. The molecule has 2 aromatic carbocycles. The van der Waals surface area contributed by atoms with Gasteiger partial charge in [0.15, 0.2) is 3.95 Å². The van der Waals surface area contributed by atoms with Crippen LogP contribution in [-0.2, 0) is 0 Å². The number of amides is 1. The Bertz CT molecular complexity index is 1160. The first-order valence-electron chi connectivity index (χ1n) is 8.22. The minimum atomic E-state index is -0.344. The van der Waals surface area contributed by atoms with Crippen LogP contribution in [0.5, 0.6) is 5.88 Å². The number of carbonyl (C=O) groups is 1. The lowest BCUT2D eigenvalue weighted by Crippen LogP contribution is -2.22. The Morgan fingerprint density at radius 1 is 1.19 bits per heavy atom. The summed E-state index contributed by atoms with van der Waals surface area (Å²) in [5.74, 6) is -0.443. The lowest BCUT2D eigenvalue weighted by Gasteiger charge is -2.07. The second-order valence-corrected chi connectivity index (χ2v) is 7.65. The van der Waals surface area contributed by atoms with Crippen molar-refractivity contribution >= 4 is 52.5 Å². The van der Waals surface area contributed by atoms with Crippen LogP contribution in [0.25, 0.3) is 11.6 Å². The van der Waals surface area contributed by atoms with Gasteiger partial charge in [0.25, 0.3) is 5.91 Å². The molecule has 134 valence electrons. The van der Waals surface area contributed by atoms with Gasteiger partial charge < -0.3 is 5.11 Å². The van der Waals surface area contributed by atoms with Gasteiger partial charge in [-0.05, 0) is 43.4 Å². The van der Waals surface area contributed by atoms with Crippen LogP contribution in [0.4, 0.5) is 5.69 Å². The van der Waals surface area contributed by atoms with Crippen molar-refractivity contribution in [3.8, 4) is 5.88 Å². The van der Waals surface area contributed by atoms with Crippen molar-refractivity contribution in [3.05, 3.63) is 74.6 Å². The van der Waals surface area contributed by atoms with E-state index in [1.165, 1.54) is 16.0 Å². The first-order valence-corrected chi connectivity index (χ1v) is 9.45. The number of fused-ring (bicyclic) bond motifs is 1. The average Bonchev–Trinajstić information content (AvgIpc) is 3.13. The summed E-state index contributed by atoms with van der Waals surface area (Å²) in [5, 5.41) is 10.6. The summed E-state index contributed by atoms with van der Waals surface area (Å²) in [6.45, 7) is 1.93. The highest BCUT2D eigenvalue weighted by Gasteiger charge is 2.20. The van der Waals surface area contributed by atoms with E-state index >= 15 is 0 Å². The zero-order chi connectivity index (χ0) is 19.0. The molecule has 0 saturated heterocycles. The van der Waals surface area contributed by atoms with Crippen molar-refractivity contribution in [1.82, 2.24) is 4.68 Å². The van der Waals surface area contributed by atoms with Gasteiger partial charge in [-0.3, -0.25) is 15.2 Å². The molecule has 0 aliphatic carbocycles. The quantitative estimate of drug-likeness (QED) is 0.614. The number of benzene rings is 2. The molecule has 27 heavy (non-hydrogen) atoms. The summed E-state index contributed by atoms with van der Waals surface area (Å²) in [4.78, 5) is 17.5. The summed E-state index contributed by atoms with van der Waals surface area (Å²) >= 11 is 6.55. The van der Waals surface area contributed by atoms with Crippen molar-refractivity contribution in [1.29, 1.82) is 0 Å². The fourth-order valence-electron chi connectivity index (χ4n) is 2.88. The smallest absolute Gasteiger partial charge is 0.270 e. The van der Waals surface area contributed by atoms with E-state index in [1.54, 1.807) is 24.3 Å². The van der Waals surface area contributed by atoms with Gasteiger partial charge >= 0.3 is 0 Å². The lowest BCUT2D eigenvalue weighted by atomic mass is 10.0. The van der Waals surface area contributed by atoms with Crippen molar-refractivity contribution in [3.63, 3.8) is 0 Å². The molecule has 0 fully saturated rings. The maximum atomic E-state index is 12.4. The van der Waals surface area contributed by atoms with E-state index in [-0.39, 0.29) is 11.8 Å². The van der Waals surface area contributed by atoms with Crippen LogP contribution in [0, 0.1) is 3.95 Å². The van der Waals surface area contributed by atoms with Crippen molar-refractivity contribution in [2.45, 2.75) is 6.92 Å². The second kappa shape index (κ2) is 6.94. The topological polar surface area (TPSA) is 66.6 Å². The number of carbonyl (C=O) groups excluding carboxylic acids is 1. The minimum Gasteiger partial charge on any atom is -0.492 e.